The summed E-state index contributed by atoms with van der Waals surface area (Å²) in [5.41, 5.74) is 1.08. The smallest absolute Gasteiger partial charge is 0.183 e. The monoisotopic (exact) mass is 274 g/mol. The van der Waals surface area contributed by atoms with Crippen LogP contribution in [0.2, 0.25) is 0 Å². The van der Waals surface area contributed by atoms with Crippen molar-refractivity contribution in [2.45, 2.75) is 13.3 Å². The Kier molecular flexibility index (Phi) is 3.30. The van der Waals surface area contributed by atoms with E-state index < -0.39 is 0 Å². The molecule has 0 saturated carbocycles. The van der Waals surface area contributed by atoms with Crippen molar-refractivity contribution < 1.29 is 0 Å². The van der Waals surface area contributed by atoms with Gasteiger partial charge >= 0.3 is 0 Å². The maximum Gasteiger partial charge on any atom is 0.183 e. The lowest BCUT2D eigenvalue weighted by atomic mass is 10.2. The molecule has 2 aromatic heterocycles. The van der Waals surface area contributed by atoms with Crippen molar-refractivity contribution in [3.63, 3.8) is 0 Å². The summed E-state index contributed by atoms with van der Waals surface area (Å²) < 4.78 is 1.32. The summed E-state index contributed by atoms with van der Waals surface area (Å²) in [7, 11) is 0. The van der Waals surface area contributed by atoms with Gasteiger partial charge in [0.2, 0.25) is 0 Å². The zero-order valence-electron chi connectivity index (χ0n) is 10.1. The Hall–Kier alpha value is -1.39. The van der Waals surface area contributed by atoms with E-state index in [1.165, 1.54) is 15.0 Å². The molecule has 0 fully saturated rings. The van der Waals surface area contributed by atoms with Crippen LogP contribution in [-0.2, 0) is 0 Å². The maximum atomic E-state index is 4.63. The van der Waals surface area contributed by atoms with Crippen LogP contribution in [0.1, 0.15) is 13.3 Å². The van der Waals surface area contributed by atoms with Crippen molar-refractivity contribution in [2.75, 3.05) is 11.9 Å². The first-order valence-corrected chi connectivity index (χ1v) is 7.75. The van der Waals surface area contributed by atoms with Gasteiger partial charge in [-0.2, -0.15) is 0 Å². The first-order chi connectivity index (χ1) is 8.86. The van der Waals surface area contributed by atoms with Crippen molar-refractivity contribution in [3.8, 4) is 10.6 Å². The second-order valence-corrected chi connectivity index (χ2v) is 6.06. The Morgan fingerprint density at radius 2 is 2.17 bits per heavy atom. The summed E-state index contributed by atoms with van der Waals surface area (Å²) in [6.45, 7) is 3.15. The van der Waals surface area contributed by atoms with E-state index in [2.05, 4.69) is 52.9 Å². The van der Waals surface area contributed by atoms with Crippen LogP contribution in [0.3, 0.4) is 0 Å². The summed E-state index contributed by atoms with van der Waals surface area (Å²) >= 11 is 3.48. The first-order valence-electron chi connectivity index (χ1n) is 6.05. The van der Waals surface area contributed by atoms with Gasteiger partial charge in [-0.25, -0.2) is 4.98 Å². The number of anilines is 1. The molecule has 3 rings (SSSR count). The molecular formula is C14H14N2S2. The highest BCUT2D eigenvalue weighted by atomic mass is 32.1. The van der Waals surface area contributed by atoms with E-state index in [0.717, 1.165) is 23.8 Å². The van der Waals surface area contributed by atoms with Gasteiger partial charge in [-0.15, -0.1) is 22.7 Å². The number of rotatable bonds is 4. The molecule has 0 aliphatic rings. The van der Waals surface area contributed by atoms with Crippen LogP contribution in [0.4, 0.5) is 5.13 Å². The van der Waals surface area contributed by atoms with Gasteiger partial charge in [0, 0.05) is 16.6 Å². The third kappa shape index (κ3) is 2.26. The molecule has 2 nitrogen and oxygen atoms in total. The summed E-state index contributed by atoms with van der Waals surface area (Å²) in [6.07, 6.45) is 1.12. The second kappa shape index (κ2) is 5.08. The van der Waals surface area contributed by atoms with Crippen LogP contribution < -0.4 is 5.32 Å². The number of nitrogens with one attached hydrogen (secondary N) is 1. The van der Waals surface area contributed by atoms with Crippen molar-refractivity contribution in [1.82, 2.24) is 4.98 Å². The minimum absolute atomic E-state index is 0.985. The van der Waals surface area contributed by atoms with Gasteiger partial charge in [0.25, 0.3) is 0 Å². The normalized spacial score (nSPS) is 10.9. The lowest BCUT2D eigenvalue weighted by Gasteiger charge is -1.96. The maximum absolute atomic E-state index is 4.63. The average molecular weight is 274 g/mol. The lowest BCUT2D eigenvalue weighted by molar-refractivity contribution is 0.976. The molecule has 1 N–H and O–H groups in total. The van der Waals surface area contributed by atoms with E-state index in [4.69, 9.17) is 0 Å². The molecule has 3 aromatic rings. The predicted octanol–water partition coefficient (Wildman–Crippen LogP) is 4.85. The van der Waals surface area contributed by atoms with Gasteiger partial charge in [-0.05, 0) is 23.9 Å². The zero-order chi connectivity index (χ0) is 12.4. The van der Waals surface area contributed by atoms with Crippen molar-refractivity contribution in [3.05, 3.63) is 35.7 Å². The summed E-state index contributed by atoms with van der Waals surface area (Å²) in [5.74, 6) is 0. The van der Waals surface area contributed by atoms with Crippen molar-refractivity contribution >= 4 is 37.9 Å². The Bertz CT molecular complexity index is 621. The molecule has 0 aliphatic carbocycles. The van der Waals surface area contributed by atoms with Gasteiger partial charge in [0.15, 0.2) is 5.13 Å². The summed E-state index contributed by atoms with van der Waals surface area (Å²) in [6, 6.07) is 10.7. The minimum Gasteiger partial charge on any atom is -0.362 e. The van der Waals surface area contributed by atoms with Crippen LogP contribution >= 0.6 is 22.7 Å². The number of nitrogens with zero attached hydrogens (tertiary/aromatic N) is 1. The van der Waals surface area contributed by atoms with Gasteiger partial charge in [-0.1, -0.05) is 25.1 Å². The molecule has 0 aliphatic heterocycles. The minimum atomic E-state index is 0.985. The number of hydrogen-bond donors (Lipinski definition) is 1. The first kappa shape index (κ1) is 11.7. The Balaban J connectivity index is 1.91. The quantitative estimate of drug-likeness (QED) is 0.736. The van der Waals surface area contributed by atoms with Crippen molar-refractivity contribution in [1.29, 1.82) is 0 Å². The molecule has 4 heteroatoms. The number of benzene rings is 1. The third-order valence-corrected chi connectivity index (χ3v) is 4.65. The second-order valence-electron chi connectivity index (χ2n) is 4.11. The van der Waals surface area contributed by atoms with E-state index in [9.17, 15) is 0 Å². The van der Waals surface area contributed by atoms with E-state index in [0.29, 0.717) is 0 Å². The van der Waals surface area contributed by atoms with Gasteiger partial charge < -0.3 is 5.32 Å². The Labute approximate surface area is 114 Å². The van der Waals surface area contributed by atoms with Crippen LogP contribution in [0, 0.1) is 0 Å². The molecule has 0 unspecified atom stereocenters. The van der Waals surface area contributed by atoms with Gasteiger partial charge in [-0.3, -0.25) is 0 Å². The van der Waals surface area contributed by atoms with Crippen LogP contribution in [0.25, 0.3) is 20.7 Å². The van der Waals surface area contributed by atoms with Crippen LogP contribution in [0.5, 0.6) is 0 Å². The molecule has 18 heavy (non-hydrogen) atoms. The van der Waals surface area contributed by atoms with E-state index >= 15 is 0 Å². The molecule has 0 bridgehead atoms. The van der Waals surface area contributed by atoms with Crippen LogP contribution in [0.15, 0.2) is 35.7 Å². The summed E-state index contributed by atoms with van der Waals surface area (Å²) in [4.78, 5) is 5.88. The number of aromatic nitrogens is 1. The highest BCUT2D eigenvalue weighted by molar-refractivity contribution is 7.22. The van der Waals surface area contributed by atoms with Gasteiger partial charge in [0.1, 0.15) is 0 Å². The molecule has 0 saturated heterocycles. The number of hydrogen-bond acceptors (Lipinski definition) is 4. The third-order valence-electron chi connectivity index (χ3n) is 2.71. The molecular weight excluding hydrogens is 260 g/mol. The molecule has 0 spiro atoms. The molecule has 1 aromatic carbocycles. The summed E-state index contributed by atoms with van der Waals surface area (Å²) in [5, 5.41) is 7.78. The fourth-order valence-electron chi connectivity index (χ4n) is 1.81. The van der Waals surface area contributed by atoms with E-state index in [1.807, 2.05) is 0 Å². The molecule has 0 radical (unpaired) electrons. The lowest BCUT2D eigenvalue weighted by Crippen LogP contribution is -1.98. The number of fused-ring (bicyclic) bond motifs is 1. The van der Waals surface area contributed by atoms with Crippen LogP contribution in [-0.4, -0.2) is 11.5 Å². The van der Waals surface area contributed by atoms with Crippen molar-refractivity contribution in [2.24, 2.45) is 0 Å². The number of thiophene rings is 1. The Morgan fingerprint density at radius 3 is 3.00 bits per heavy atom. The Morgan fingerprint density at radius 1 is 1.28 bits per heavy atom. The topological polar surface area (TPSA) is 24.9 Å². The molecule has 2 heterocycles. The molecule has 92 valence electrons. The van der Waals surface area contributed by atoms with E-state index in [1.54, 1.807) is 22.7 Å². The SMILES string of the molecule is CCCNc1nc(-c2cc3ccccc3s2)cs1. The fraction of sp³-hybridized carbons (Fsp3) is 0.214. The van der Waals surface area contributed by atoms with Gasteiger partial charge in [0.05, 0.1) is 10.6 Å². The fourth-order valence-corrected chi connectivity index (χ4v) is 3.65. The molecule has 0 atom stereocenters. The zero-order valence-corrected chi connectivity index (χ0v) is 11.8. The molecule has 0 amide bonds. The standard InChI is InChI=1S/C14H14N2S2/c1-2-7-15-14-16-11(9-17-14)13-8-10-5-3-4-6-12(10)18-13/h3-6,8-9H,2,7H2,1H3,(H,15,16). The number of thiazole rings is 1. The average Bonchev–Trinajstić information content (AvgIpc) is 3.02. The highest BCUT2D eigenvalue weighted by Crippen LogP contribution is 2.34. The highest BCUT2D eigenvalue weighted by Gasteiger charge is 2.07. The largest absolute Gasteiger partial charge is 0.362 e. The predicted molar refractivity (Wildman–Crippen MR) is 81.7 cm³/mol. The van der Waals surface area contributed by atoms with E-state index in [-0.39, 0.29) is 0 Å².